The van der Waals surface area contributed by atoms with Crippen LogP contribution in [0.4, 0.5) is 4.39 Å². The molecule has 0 aliphatic rings. The fourth-order valence-corrected chi connectivity index (χ4v) is 3.31. The zero-order chi connectivity index (χ0) is 18.5. The number of nitrogens with zero attached hydrogens (tertiary/aromatic N) is 5. The van der Waals surface area contributed by atoms with Crippen molar-refractivity contribution < 1.29 is 4.39 Å². The molecule has 3 aromatic heterocycles. The van der Waals surface area contributed by atoms with Gasteiger partial charge in [0.15, 0.2) is 0 Å². The third kappa shape index (κ3) is 4.68. The van der Waals surface area contributed by atoms with E-state index in [9.17, 15) is 9.18 Å². The van der Waals surface area contributed by atoms with Gasteiger partial charge in [-0.05, 0) is 29.8 Å². The standard InChI is InChI=1S/C17H15FN6OS.ClH/c18-5-12(6-19)9-24-17(25)23(11-22-24)10-15-3-4-16(26-15)13-1-2-14(7-20)21-8-13;/h1-5,8,11H,6,9-10,19H2;1H/b12-5+;. The molecule has 10 heteroatoms. The molecule has 3 rings (SSSR count). The number of nitriles is 1. The number of nitrogens with two attached hydrogens (primary N) is 1. The Morgan fingerprint density at radius 2 is 2.19 bits per heavy atom. The van der Waals surface area contributed by atoms with Gasteiger partial charge in [0, 0.05) is 28.1 Å². The summed E-state index contributed by atoms with van der Waals surface area (Å²) in [6.07, 6.45) is 3.48. The molecule has 0 fully saturated rings. The monoisotopic (exact) mass is 406 g/mol. The molecular weight excluding hydrogens is 391 g/mol. The van der Waals surface area contributed by atoms with Crippen LogP contribution >= 0.6 is 23.7 Å². The van der Waals surface area contributed by atoms with Crippen LogP contribution in [-0.2, 0) is 13.1 Å². The third-order valence-electron chi connectivity index (χ3n) is 3.72. The SMILES string of the molecule is Cl.N#Cc1ccc(-c2ccc(Cn3cnn(C/C(=C/F)CN)c3=O)s2)cn1. The van der Waals surface area contributed by atoms with Crippen LogP contribution in [-0.4, -0.2) is 25.9 Å². The van der Waals surface area contributed by atoms with E-state index < -0.39 is 0 Å². The summed E-state index contributed by atoms with van der Waals surface area (Å²) < 4.78 is 15.3. The van der Waals surface area contributed by atoms with E-state index in [2.05, 4.69) is 10.1 Å². The van der Waals surface area contributed by atoms with Crippen LogP contribution in [0.15, 0.2) is 53.5 Å². The predicted molar refractivity (Wildman–Crippen MR) is 103 cm³/mol. The molecule has 7 nitrogen and oxygen atoms in total. The Hall–Kier alpha value is -2.80. The number of pyridine rings is 1. The van der Waals surface area contributed by atoms with Crippen molar-refractivity contribution in [2.24, 2.45) is 5.73 Å². The third-order valence-corrected chi connectivity index (χ3v) is 4.84. The number of hydrogen-bond donors (Lipinski definition) is 1. The molecule has 0 saturated carbocycles. The molecule has 0 aliphatic heterocycles. The molecule has 0 spiro atoms. The second-order valence-electron chi connectivity index (χ2n) is 5.48. The average molecular weight is 407 g/mol. The van der Waals surface area contributed by atoms with Crippen LogP contribution in [0.2, 0.25) is 0 Å². The van der Waals surface area contributed by atoms with Crippen LogP contribution in [0.3, 0.4) is 0 Å². The van der Waals surface area contributed by atoms with Crippen LogP contribution < -0.4 is 11.4 Å². The minimum atomic E-state index is -0.326. The van der Waals surface area contributed by atoms with Gasteiger partial charge >= 0.3 is 5.69 Å². The molecule has 0 saturated heterocycles. The van der Waals surface area contributed by atoms with E-state index in [-0.39, 0.29) is 31.2 Å². The summed E-state index contributed by atoms with van der Waals surface area (Å²) in [6.45, 7) is 0.429. The lowest BCUT2D eigenvalue weighted by molar-refractivity contribution is 0.604. The molecule has 3 aromatic rings. The Morgan fingerprint density at radius 3 is 2.81 bits per heavy atom. The maximum absolute atomic E-state index is 12.6. The zero-order valence-electron chi connectivity index (χ0n) is 14.1. The van der Waals surface area contributed by atoms with Crippen molar-refractivity contribution in [3.05, 3.63) is 69.7 Å². The molecule has 0 atom stereocenters. The van der Waals surface area contributed by atoms with E-state index in [0.717, 1.165) is 15.3 Å². The molecule has 3 heterocycles. The molecule has 2 N–H and O–H groups in total. The van der Waals surface area contributed by atoms with Crippen molar-refractivity contribution in [3.63, 3.8) is 0 Å². The summed E-state index contributed by atoms with van der Waals surface area (Å²) in [6, 6.07) is 9.35. The van der Waals surface area contributed by atoms with Gasteiger partial charge in [-0.2, -0.15) is 10.4 Å². The summed E-state index contributed by atoms with van der Waals surface area (Å²) in [5.74, 6) is 0. The fourth-order valence-electron chi connectivity index (χ4n) is 2.32. The van der Waals surface area contributed by atoms with Crippen LogP contribution in [0.5, 0.6) is 0 Å². The highest BCUT2D eigenvalue weighted by molar-refractivity contribution is 7.15. The topological polar surface area (TPSA) is 103 Å². The van der Waals surface area contributed by atoms with Gasteiger partial charge in [0.25, 0.3) is 0 Å². The quantitative estimate of drug-likeness (QED) is 0.676. The summed E-state index contributed by atoms with van der Waals surface area (Å²) in [5, 5.41) is 12.8. The molecule has 140 valence electrons. The lowest BCUT2D eigenvalue weighted by atomic mass is 10.2. The number of hydrogen-bond acceptors (Lipinski definition) is 6. The van der Waals surface area contributed by atoms with Gasteiger partial charge in [-0.25, -0.2) is 18.9 Å². The summed E-state index contributed by atoms with van der Waals surface area (Å²) in [5.41, 5.74) is 6.65. The van der Waals surface area contributed by atoms with E-state index in [1.165, 1.54) is 26.9 Å². The molecule has 0 unspecified atom stereocenters. The highest BCUT2D eigenvalue weighted by Gasteiger charge is 2.10. The Morgan fingerprint density at radius 1 is 1.37 bits per heavy atom. The van der Waals surface area contributed by atoms with Crippen molar-refractivity contribution in [1.29, 1.82) is 5.26 Å². The first-order valence-electron chi connectivity index (χ1n) is 7.70. The van der Waals surface area contributed by atoms with Crippen molar-refractivity contribution >= 4 is 23.7 Å². The molecule has 0 aliphatic carbocycles. The Balaban J connectivity index is 0.00000261. The summed E-state index contributed by atoms with van der Waals surface area (Å²) in [4.78, 5) is 18.3. The van der Waals surface area contributed by atoms with Gasteiger partial charge in [0.2, 0.25) is 0 Å². The molecule has 0 aromatic carbocycles. The zero-order valence-corrected chi connectivity index (χ0v) is 15.7. The number of halogens is 2. The van der Waals surface area contributed by atoms with Gasteiger partial charge in [-0.1, -0.05) is 0 Å². The van der Waals surface area contributed by atoms with Crippen molar-refractivity contribution in [2.75, 3.05) is 6.54 Å². The van der Waals surface area contributed by atoms with Gasteiger partial charge in [0.1, 0.15) is 18.1 Å². The lowest BCUT2D eigenvalue weighted by Crippen LogP contribution is -2.26. The summed E-state index contributed by atoms with van der Waals surface area (Å²) >= 11 is 1.52. The van der Waals surface area contributed by atoms with Gasteiger partial charge in [-0.15, -0.1) is 23.7 Å². The summed E-state index contributed by atoms with van der Waals surface area (Å²) in [7, 11) is 0. The molecular formula is C17H16ClFN6OS. The lowest BCUT2D eigenvalue weighted by Gasteiger charge is -2.01. The smallest absolute Gasteiger partial charge is 0.327 e. The number of rotatable bonds is 6. The van der Waals surface area contributed by atoms with E-state index in [1.807, 2.05) is 24.3 Å². The van der Waals surface area contributed by atoms with Gasteiger partial charge < -0.3 is 5.73 Å². The van der Waals surface area contributed by atoms with Gasteiger partial charge in [-0.3, -0.25) is 4.57 Å². The maximum atomic E-state index is 12.6. The van der Waals surface area contributed by atoms with Crippen molar-refractivity contribution in [2.45, 2.75) is 13.1 Å². The Bertz CT molecular complexity index is 1030. The minimum Gasteiger partial charge on any atom is -0.327 e. The van der Waals surface area contributed by atoms with Crippen LogP contribution in [0.1, 0.15) is 10.6 Å². The minimum absolute atomic E-state index is 0. The number of aromatic nitrogens is 4. The van der Waals surface area contributed by atoms with E-state index >= 15 is 0 Å². The van der Waals surface area contributed by atoms with E-state index in [4.69, 9.17) is 11.0 Å². The average Bonchev–Trinajstić information content (AvgIpc) is 3.28. The molecule has 0 amide bonds. The van der Waals surface area contributed by atoms with Gasteiger partial charge in [0.05, 0.1) is 19.4 Å². The second kappa shape index (κ2) is 9.23. The first kappa shape index (κ1) is 20.5. The molecule has 0 bridgehead atoms. The maximum Gasteiger partial charge on any atom is 0.346 e. The Labute approximate surface area is 164 Å². The molecule has 0 radical (unpaired) electrons. The van der Waals surface area contributed by atoms with E-state index in [1.54, 1.807) is 12.3 Å². The number of thiophene rings is 1. The first-order valence-corrected chi connectivity index (χ1v) is 8.52. The van der Waals surface area contributed by atoms with Crippen molar-refractivity contribution in [1.82, 2.24) is 19.3 Å². The first-order chi connectivity index (χ1) is 12.6. The van der Waals surface area contributed by atoms with Crippen LogP contribution in [0.25, 0.3) is 10.4 Å². The fraction of sp³-hybridized carbons (Fsp3) is 0.176. The predicted octanol–water partition coefficient (Wildman–Crippen LogP) is 2.32. The second-order valence-corrected chi connectivity index (χ2v) is 6.65. The Kier molecular flexibility index (Phi) is 7.01. The highest BCUT2D eigenvalue weighted by Crippen LogP contribution is 2.27. The molecule has 27 heavy (non-hydrogen) atoms. The van der Waals surface area contributed by atoms with Crippen LogP contribution in [0, 0.1) is 11.3 Å². The largest absolute Gasteiger partial charge is 0.346 e. The van der Waals surface area contributed by atoms with Crippen molar-refractivity contribution in [3.8, 4) is 16.5 Å². The normalized spacial score (nSPS) is 11.1. The highest BCUT2D eigenvalue weighted by atomic mass is 35.5. The van der Waals surface area contributed by atoms with E-state index in [0.29, 0.717) is 24.1 Å².